The van der Waals surface area contributed by atoms with Crippen LogP contribution in [0.1, 0.15) is 36.9 Å². The molecule has 0 saturated carbocycles. The second-order valence-corrected chi connectivity index (χ2v) is 8.06. The van der Waals surface area contributed by atoms with Gasteiger partial charge in [-0.1, -0.05) is 54.4 Å². The summed E-state index contributed by atoms with van der Waals surface area (Å²) in [5.74, 6) is 0.804. The van der Waals surface area contributed by atoms with Gasteiger partial charge in [0.15, 0.2) is 0 Å². The van der Waals surface area contributed by atoms with Crippen LogP contribution in [0.25, 0.3) is 0 Å². The van der Waals surface area contributed by atoms with Crippen molar-refractivity contribution in [3.8, 4) is 0 Å². The molecule has 1 N–H and O–H groups in total. The number of amides is 1. The minimum absolute atomic E-state index is 0.194. The predicted octanol–water partition coefficient (Wildman–Crippen LogP) is 4.06. The van der Waals surface area contributed by atoms with E-state index in [-0.39, 0.29) is 11.7 Å². The molecule has 0 atom stereocenters. The van der Waals surface area contributed by atoms with E-state index in [1.807, 2.05) is 31.2 Å². The summed E-state index contributed by atoms with van der Waals surface area (Å²) in [6.45, 7) is 3.94. The summed E-state index contributed by atoms with van der Waals surface area (Å²) in [6, 6.07) is 9.23. The van der Waals surface area contributed by atoms with Gasteiger partial charge in [0, 0.05) is 29.4 Å². The van der Waals surface area contributed by atoms with Crippen LogP contribution in [0.2, 0.25) is 5.02 Å². The van der Waals surface area contributed by atoms with Gasteiger partial charge in [0.05, 0.1) is 12.0 Å². The lowest BCUT2D eigenvalue weighted by Gasteiger charge is -2.20. The van der Waals surface area contributed by atoms with E-state index in [0.29, 0.717) is 5.02 Å². The van der Waals surface area contributed by atoms with Gasteiger partial charge in [-0.05, 0) is 31.9 Å². The number of hydrogen-bond donors (Lipinski definition) is 1. The Labute approximate surface area is 174 Å². The molecule has 3 rings (SSSR count). The lowest BCUT2D eigenvalue weighted by molar-refractivity contribution is -0.118. The first-order chi connectivity index (χ1) is 13.6. The summed E-state index contributed by atoms with van der Waals surface area (Å²) < 4.78 is 0. The molecule has 1 aliphatic rings. The molecular weight excluding hydrogens is 394 g/mol. The first-order valence-electron chi connectivity index (χ1n) is 9.42. The van der Waals surface area contributed by atoms with Gasteiger partial charge in [-0.25, -0.2) is 15.4 Å². The average Bonchev–Trinajstić information content (AvgIpc) is 2.97. The Morgan fingerprint density at radius 3 is 2.75 bits per heavy atom. The van der Waals surface area contributed by atoms with Crippen molar-refractivity contribution in [2.75, 3.05) is 23.7 Å². The van der Waals surface area contributed by atoms with Gasteiger partial charge in [-0.2, -0.15) is 5.10 Å². The van der Waals surface area contributed by atoms with Crippen molar-refractivity contribution >= 4 is 41.4 Å². The molecule has 1 aromatic carbocycles. The fraction of sp³-hybridized carbons (Fsp3) is 0.400. The van der Waals surface area contributed by atoms with Gasteiger partial charge in [-0.15, -0.1) is 0 Å². The summed E-state index contributed by atoms with van der Waals surface area (Å²) in [4.78, 5) is 23.6. The van der Waals surface area contributed by atoms with Crippen molar-refractivity contribution < 1.29 is 4.79 Å². The number of hydrazone groups is 1. The Hall–Kier alpha value is -2.12. The van der Waals surface area contributed by atoms with Crippen LogP contribution in [0.4, 0.5) is 5.95 Å². The van der Waals surface area contributed by atoms with Gasteiger partial charge < -0.3 is 4.90 Å². The summed E-state index contributed by atoms with van der Waals surface area (Å²) >= 11 is 7.44. The quantitative estimate of drug-likeness (QED) is 0.332. The number of aryl methyl sites for hydroxylation is 1. The maximum absolute atomic E-state index is 12.1. The van der Waals surface area contributed by atoms with E-state index >= 15 is 0 Å². The average molecular weight is 418 g/mol. The van der Waals surface area contributed by atoms with Crippen molar-refractivity contribution in [2.45, 2.75) is 37.6 Å². The Kier molecular flexibility index (Phi) is 7.68. The number of nitrogens with one attached hydrogen (secondary N) is 1. The number of halogens is 1. The molecule has 1 aromatic heterocycles. The molecule has 0 aliphatic carbocycles. The fourth-order valence-electron chi connectivity index (χ4n) is 2.94. The van der Waals surface area contributed by atoms with Gasteiger partial charge in [-0.3, -0.25) is 4.79 Å². The number of aromatic nitrogens is 2. The second-order valence-electron chi connectivity index (χ2n) is 6.65. The minimum Gasteiger partial charge on any atom is -0.341 e. The number of thioether (sulfide) groups is 1. The minimum atomic E-state index is -0.194. The molecule has 1 amide bonds. The van der Waals surface area contributed by atoms with Gasteiger partial charge in [0.25, 0.3) is 0 Å². The zero-order valence-corrected chi connectivity index (χ0v) is 17.5. The van der Waals surface area contributed by atoms with Gasteiger partial charge in [0.1, 0.15) is 5.03 Å². The van der Waals surface area contributed by atoms with E-state index in [0.717, 1.165) is 35.3 Å². The topological polar surface area (TPSA) is 70.5 Å². The standard InChI is InChI=1S/C20H24ClN5OS/c1-15-12-19(24-20(23-15)26-10-6-2-3-7-11-26)28-14-18(27)25-22-13-16-8-4-5-9-17(16)21/h4-5,8-9,12-13H,2-3,6-7,10-11,14H2,1H3,(H,25,27). The third-order valence-corrected chi connectivity index (χ3v) is 5.61. The number of carbonyl (C=O) groups excluding carboxylic acids is 1. The zero-order valence-electron chi connectivity index (χ0n) is 15.9. The van der Waals surface area contributed by atoms with E-state index in [4.69, 9.17) is 11.6 Å². The lowest BCUT2D eigenvalue weighted by atomic mass is 10.2. The Morgan fingerprint density at radius 1 is 1.25 bits per heavy atom. The van der Waals surface area contributed by atoms with Crippen LogP contribution in [0.5, 0.6) is 0 Å². The number of benzene rings is 1. The second kappa shape index (κ2) is 10.4. The molecule has 148 valence electrons. The third-order valence-electron chi connectivity index (χ3n) is 4.36. The smallest absolute Gasteiger partial charge is 0.250 e. The third kappa shape index (κ3) is 6.21. The van der Waals surface area contributed by atoms with Crippen LogP contribution in [0.15, 0.2) is 40.5 Å². The van der Waals surface area contributed by atoms with E-state index in [9.17, 15) is 4.79 Å². The zero-order chi connectivity index (χ0) is 19.8. The van der Waals surface area contributed by atoms with Crippen LogP contribution in [-0.2, 0) is 4.79 Å². The molecule has 0 unspecified atom stereocenters. The van der Waals surface area contributed by atoms with Crippen molar-refractivity contribution in [1.29, 1.82) is 0 Å². The monoisotopic (exact) mass is 417 g/mol. The molecule has 6 nitrogen and oxygen atoms in total. The Morgan fingerprint density at radius 2 is 2.00 bits per heavy atom. The Bertz CT molecular complexity index is 837. The number of anilines is 1. The lowest BCUT2D eigenvalue weighted by Crippen LogP contribution is -2.26. The van der Waals surface area contributed by atoms with Crippen molar-refractivity contribution in [2.24, 2.45) is 5.10 Å². The summed E-state index contributed by atoms with van der Waals surface area (Å²) in [5.41, 5.74) is 4.19. The van der Waals surface area contributed by atoms with Crippen molar-refractivity contribution in [1.82, 2.24) is 15.4 Å². The molecule has 28 heavy (non-hydrogen) atoms. The molecule has 8 heteroatoms. The molecule has 2 aromatic rings. The summed E-state index contributed by atoms with van der Waals surface area (Å²) in [5, 5.41) is 5.36. The van der Waals surface area contributed by atoms with Crippen LogP contribution >= 0.6 is 23.4 Å². The van der Waals surface area contributed by atoms with Crippen LogP contribution in [0, 0.1) is 6.92 Å². The molecular formula is C20H24ClN5OS. The molecule has 0 bridgehead atoms. The van der Waals surface area contributed by atoms with E-state index in [2.05, 4.69) is 25.4 Å². The SMILES string of the molecule is Cc1cc(SCC(=O)NN=Cc2ccccc2Cl)nc(N2CCCCCC2)n1. The van der Waals surface area contributed by atoms with Gasteiger partial charge in [0.2, 0.25) is 11.9 Å². The molecule has 2 heterocycles. The van der Waals surface area contributed by atoms with E-state index in [1.54, 1.807) is 6.07 Å². The molecule has 0 spiro atoms. The van der Waals surface area contributed by atoms with Crippen molar-refractivity contribution in [3.05, 3.63) is 46.6 Å². The first-order valence-corrected chi connectivity index (χ1v) is 10.8. The highest BCUT2D eigenvalue weighted by atomic mass is 35.5. The predicted molar refractivity (Wildman–Crippen MR) is 115 cm³/mol. The van der Waals surface area contributed by atoms with Crippen LogP contribution in [0.3, 0.4) is 0 Å². The number of hydrogen-bond acceptors (Lipinski definition) is 6. The molecule has 0 radical (unpaired) electrons. The van der Waals surface area contributed by atoms with Crippen LogP contribution in [-0.4, -0.2) is 40.9 Å². The van der Waals surface area contributed by atoms with Gasteiger partial charge >= 0.3 is 0 Å². The molecule has 1 saturated heterocycles. The summed E-state index contributed by atoms with van der Waals surface area (Å²) in [7, 11) is 0. The first kappa shape index (κ1) is 20.6. The highest BCUT2D eigenvalue weighted by molar-refractivity contribution is 7.99. The normalized spacial score (nSPS) is 14.9. The molecule has 1 aliphatic heterocycles. The highest BCUT2D eigenvalue weighted by Crippen LogP contribution is 2.21. The number of rotatable bonds is 6. The Balaban J connectivity index is 1.55. The molecule has 1 fully saturated rings. The number of nitrogens with zero attached hydrogens (tertiary/aromatic N) is 4. The largest absolute Gasteiger partial charge is 0.341 e. The number of carbonyl (C=O) groups is 1. The summed E-state index contributed by atoms with van der Waals surface area (Å²) in [6.07, 6.45) is 6.41. The fourth-order valence-corrected chi connectivity index (χ4v) is 3.86. The maximum Gasteiger partial charge on any atom is 0.250 e. The van der Waals surface area contributed by atoms with Crippen molar-refractivity contribution in [3.63, 3.8) is 0 Å². The highest BCUT2D eigenvalue weighted by Gasteiger charge is 2.14. The van der Waals surface area contributed by atoms with E-state index < -0.39 is 0 Å². The van der Waals surface area contributed by atoms with E-state index in [1.165, 1.54) is 43.7 Å². The van der Waals surface area contributed by atoms with Crippen LogP contribution < -0.4 is 10.3 Å². The maximum atomic E-state index is 12.1.